The van der Waals surface area contributed by atoms with Gasteiger partial charge in [-0.25, -0.2) is 0 Å². The number of fused-ring (bicyclic) bond motifs is 1. The van der Waals surface area contributed by atoms with Crippen molar-refractivity contribution < 1.29 is 18.9 Å². The largest absolute Gasteiger partial charge is 0.459 e. The van der Waals surface area contributed by atoms with Gasteiger partial charge in [0.15, 0.2) is 13.1 Å². The van der Waals surface area contributed by atoms with Gasteiger partial charge in [0.25, 0.3) is 11.8 Å². The zero-order chi connectivity index (χ0) is 17.1. The molecular weight excluding hydrogens is 306 g/mol. The SMILES string of the molecule is C[C@H](NC(=O)C[NH+](C)CC(=O)NC1CC1)c1cc2ccccc2o1. The third-order valence-electron chi connectivity index (χ3n) is 4.12. The summed E-state index contributed by atoms with van der Waals surface area (Å²) in [4.78, 5) is 24.8. The van der Waals surface area contributed by atoms with E-state index < -0.39 is 0 Å². The first-order valence-corrected chi connectivity index (χ1v) is 8.40. The molecule has 1 aromatic carbocycles. The molecule has 6 heteroatoms. The zero-order valence-corrected chi connectivity index (χ0v) is 14.1. The van der Waals surface area contributed by atoms with Crippen molar-refractivity contribution in [1.29, 1.82) is 0 Å². The lowest BCUT2D eigenvalue weighted by atomic mass is 10.2. The van der Waals surface area contributed by atoms with Crippen LogP contribution in [0.3, 0.4) is 0 Å². The number of hydrogen-bond acceptors (Lipinski definition) is 3. The maximum Gasteiger partial charge on any atom is 0.275 e. The summed E-state index contributed by atoms with van der Waals surface area (Å²) in [5.41, 5.74) is 0.813. The summed E-state index contributed by atoms with van der Waals surface area (Å²) < 4.78 is 5.77. The number of quaternary nitrogens is 1. The molecule has 0 saturated heterocycles. The standard InChI is InChI=1S/C18H23N3O3/c1-12(16-9-13-5-3-4-6-15(13)24-16)19-17(22)10-21(2)11-18(23)20-14-7-8-14/h3-6,9,12,14H,7-8,10-11H2,1-2H3,(H,19,22)(H,20,23)/p+1/t12-/m0/s1. The smallest absolute Gasteiger partial charge is 0.275 e. The molecule has 1 aromatic heterocycles. The Kier molecular flexibility index (Phi) is 4.85. The molecule has 1 unspecified atom stereocenters. The highest BCUT2D eigenvalue weighted by Gasteiger charge is 2.25. The Morgan fingerprint density at radius 2 is 1.96 bits per heavy atom. The molecule has 24 heavy (non-hydrogen) atoms. The Balaban J connectivity index is 1.48. The van der Waals surface area contributed by atoms with E-state index in [-0.39, 0.29) is 24.4 Å². The molecular formula is C18H24N3O3+. The lowest BCUT2D eigenvalue weighted by molar-refractivity contribution is -0.862. The van der Waals surface area contributed by atoms with Gasteiger partial charge in [0.1, 0.15) is 11.3 Å². The monoisotopic (exact) mass is 330 g/mol. The molecule has 2 aromatic rings. The molecule has 0 radical (unpaired) electrons. The summed E-state index contributed by atoms with van der Waals surface area (Å²) in [5.74, 6) is 0.640. The van der Waals surface area contributed by atoms with Crippen molar-refractivity contribution in [3.63, 3.8) is 0 Å². The summed E-state index contributed by atoms with van der Waals surface area (Å²) in [6.07, 6.45) is 2.14. The minimum Gasteiger partial charge on any atom is -0.459 e. The van der Waals surface area contributed by atoms with Crippen LogP contribution in [0.2, 0.25) is 0 Å². The maximum atomic E-state index is 12.2. The van der Waals surface area contributed by atoms with Gasteiger partial charge in [-0.3, -0.25) is 9.59 Å². The van der Waals surface area contributed by atoms with E-state index in [9.17, 15) is 9.59 Å². The van der Waals surface area contributed by atoms with Gasteiger partial charge in [-0.15, -0.1) is 0 Å². The molecule has 2 atom stereocenters. The highest BCUT2D eigenvalue weighted by Crippen LogP contribution is 2.23. The summed E-state index contributed by atoms with van der Waals surface area (Å²) in [7, 11) is 1.85. The first-order valence-electron chi connectivity index (χ1n) is 8.40. The fourth-order valence-electron chi connectivity index (χ4n) is 2.70. The van der Waals surface area contributed by atoms with Crippen LogP contribution in [-0.2, 0) is 9.59 Å². The van der Waals surface area contributed by atoms with Gasteiger partial charge >= 0.3 is 0 Å². The van der Waals surface area contributed by atoms with Gasteiger partial charge in [0, 0.05) is 11.4 Å². The van der Waals surface area contributed by atoms with Crippen molar-refractivity contribution in [2.75, 3.05) is 20.1 Å². The molecule has 6 nitrogen and oxygen atoms in total. The third-order valence-corrected chi connectivity index (χ3v) is 4.12. The number of amides is 2. The van der Waals surface area contributed by atoms with Crippen molar-refractivity contribution in [2.24, 2.45) is 0 Å². The Hall–Kier alpha value is -2.34. The van der Waals surface area contributed by atoms with Crippen LogP contribution in [0.5, 0.6) is 0 Å². The van der Waals surface area contributed by atoms with E-state index in [1.54, 1.807) is 0 Å². The maximum absolute atomic E-state index is 12.2. The van der Waals surface area contributed by atoms with E-state index >= 15 is 0 Å². The molecule has 3 N–H and O–H groups in total. The number of para-hydroxylation sites is 1. The predicted molar refractivity (Wildman–Crippen MR) is 90.6 cm³/mol. The molecule has 0 spiro atoms. The van der Waals surface area contributed by atoms with E-state index in [2.05, 4.69) is 10.6 Å². The van der Waals surface area contributed by atoms with E-state index in [0.717, 1.165) is 34.5 Å². The number of furan rings is 1. The van der Waals surface area contributed by atoms with Crippen molar-refractivity contribution in [3.8, 4) is 0 Å². The second kappa shape index (κ2) is 7.05. The van der Waals surface area contributed by atoms with Gasteiger partial charge in [-0.1, -0.05) is 18.2 Å². The Morgan fingerprint density at radius 3 is 2.67 bits per heavy atom. The number of likely N-dealkylation sites (N-methyl/N-ethyl adjacent to an activating group) is 1. The minimum absolute atomic E-state index is 0.00753. The Bertz CT molecular complexity index is 703. The van der Waals surface area contributed by atoms with E-state index in [0.29, 0.717) is 12.6 Å². The average molecular weight is 330 g/mol. The van der Waals surface area contributed by atoms with Crippen molar-refractivity contribution in [1.82, 2.24) is 10.6 Å². The second-order valence-corrected chi connectivity index (χ2v) is 6.63. The molecule has 3 rings (SSSR count). The third kappa shape index (κ3) is 4.35. The zero-order valence-electron chi connectivity index (χ0n) is 14.1. The first-order chi connectivity index (χ1) is 11.5. The topological polar surface area (TPSA) is 75.8 Å². The van der Waals surface area contributed by atoms with Gasteiger partial charge in [-0.05, 0) is 31.9 Å². The molecule has 0 bridgehead atoms. The molecule has 128 valence electrons. The van der Waals surface area contributed by atoms with E-state index in [1.165, 1.54) is 0 Å². The highest BCUT2D eigenvalue weighted by atomic mass is 16.3. The van der Waals surface area contributed by atoms with Crippen molar-refractivity contribution in [2.45, 2.75) is 31.8 Å². The number of nitrogens with one attached hydrogen (secondary N) is 3. The first kappa shape index (κ1) is 16.5. The minimum atomic E-state index is -0.210. The summed E-state index contributed by atoms with van der Waals surface area (Å²) in [6, 6.07) is 9.85. The Labute approximate surface area is 141 Å². The predicted octanol–water partition coefficient (Wildman–Crippen LogP) is 0.403. The molecule has 1 aliphatic carbocycles. The number of carbonyl (C=O) groups is 2. The molecule has 1 saturated carbocycles. The van der Waals surface area contributed by atoms with Crippen LogP contribution < -0.4 is 15.5 Å². The fraction of sp³-hybridized carbons (Fsp3) is 0.444. The van der Waals surface area contributed by atoms with Crippen molar-refractivity contribution >= 4 is 22.8 Å². The lowest BCUT2D eigenvalue weighted by Crippen LogP contribution is -3.11. The normalized spacial score (nSPS) is 16.6. The highest BCUT2D eigenvalue weighted by molar-refractivity contribution is 5.80. The van der Waals surface area contributed by atoms with E-state index in [4.69, 9.17) is 4.42 Å². The second-order valence-electron chi connectivity index (χ2n) is 6.63. The number of hydrogen-bond donors (Lipinski definition) is 3. The van der Waals surface area contributed by atoms with Crippen molar-refractivity contribution in [3.05, 3.63) is 36.1 Å². The van der Waals surface area contributed by atoms with Crippen LogP contribution in [0.15, 0.2) is 34.7 Å². The summed E-state index contributed by atoms with van der Waals surface area (Å²) in [5, 5.41) is 6.88. The number of rotatable bonds is 7. The van der Waals surface area contributed by atoms with Crippen LogP contribution >= 0.6 is 0 Å². The van der Waals surface area contributed by atoms with E-state index in [1.807, 2.05) is 44.3 Å². The summed E-state index contributed by atoms with van der Waals surface area (Å²) >= 11 is 0. The van der Waals surface area contributed by atoms with Crippen LogP contribution in [0.1, 0.15) is 31.6 Å². The van der Waals surface area contributed by atoms with Gasteiger partial charge in [0.05, 0.1) is 13.1 Å². The molecule has 2 amide bonds. The van der Waals surface area contributed by atoms with Crippen LogP contribution in [0.25, 0.3) is 11.0 Å². The molecule has 0 aliphatic heterocycles. The van der Waals surface area contributed by atoms with Crippen LogP contribution in [0, 0.1) is 0 Å². The van der Waals surface area contributed by atoms with Crippen LogP contribution in [0.4, 0.5) is 0 Å². The van der Waals surface area contributed by atoms with Crippen LogP contribution in [-0.4, -0.2) is 38.0 Å². The lowest BCUT2D eigenvalue weighted by Gasteiger charge is -2.15. The summed E-state index contributed by atoms with van der Waals surface area (Å²) in [6.45, 7) is 2.45. The molecule has 1 fully saturated rings. The average Bonchev–Trinajstić information content (AvgIpc) is 3.21. The molecule has 1 aliphatic rings. The molecule has 1 heterocycles. The van der Waals surface area contributed by atoms with Gasteiger partial charge in [0.2, 0.25) is 0 Å². The number of carbonyl (C=O) groups excluding carboxylic acids is 2. The Morgan fingerprint density at radius 1 is 1.25 bits per heavy atom. The van der Waals surface area contributed by atoms with Gasteiger partial charge < -0.3 is 20.0 Å². The fourth-order valence-corrected chi connectivity index (χ4v) is 2.70. The quantitative estimate of drug-likeness (QED) is 0.688. The van der Waals surface area contributed by atoms with Gasteiger partial charge in [-0.2, -0.15) is 0 Å². The number of benzene rings is 1.